The molecule has 13 heavy (non-hydrogen) atoms. The summed E-state index contributed by atoms with van der Waals surface area (Å²) in [5.74, 6) is -1.09. The van der Waals surface area contributed by atoms with Gasteiger partial charge in [-0.25, -0.2) is 0 Å². The maximum Gasteiger partial charge on any atom is 0.317 e. The summed E-state index contributed by atoms with van der Waals surface area (Å²) in [7, 11) is 1.24. The number of carbonyl (C=O) groups is 2. The number of methoxy groups -OCH3 is 1. The van der Waals surface area contributed by atoms with Gasteiger partial charge in [0, 0.05) is 0 Å². The number of hydrogen-bond donors (Lipinski definition) is 0. The predicted octanol–water partition coefficient (Wildman–Crippen LogP) is 0.811. The summed E-state index contributed by atoms with van der Waals surface area (Å²) in [6.07, 6.45) is 5.06. The van der Waals surface area contributed by atoms with Gasteiger partial charge < -0.3 is 9.47 Å². The van der Waals surface area contributed by atoms with E-state index in [0.29, 0.717) is 0 Å². The first-order chi connectivity index (χ1) is 6.22. The molecule has 0 N–H and O–H groups in total. The molecule has 1 aliphatic carbocycles. The first-order valence-electron chi connectivity index (χ1n) is 4.15. The molecule has 1 rings (SSSR count). The molecule has 1 atom stereocenters. The second-order valence-corrected chi connectivity index (χ2v) is 2.79. The molecule has 0 aromatic heterocycles. The first kappa shape index (κ1) is 9.77. The minimum Gasteiger partial charge on any atom is -0.469 e. The summed E-state index contributed by atoms with van der Waals surface area (Å²) in [5, 5.41) is 0. The lowest BCUT2D eigenvalue weighted by atomic mass is 10.3. The van der Waals surface area contributed by atoms with Gasteiger partial charge in [-0.15, -0.1) is 0 Å². The summed E-state index contributed by atoms with van der Waals surface area (Å²) in [5.41, 5.74) is 0. The van der Waals surface area contributed by atoms with E-state index in [-0.39, 0.29) is 12.5 Å². The van der Waals surface area contributed by atoms with Gasteiger partial charge in [-0.3, -0.25) is 9.59 Å². The third-order valence-corrected chi connectivity index (χ3v) is 1.77. The van der Waals surface area contributed by atoms with Gasteiger partial charge in [0.2, 0.25) is 0 Å². The highest BCUT2D eigenvalue weighted by Crippen LogP contribution is 2.13. The fourth-order valence-corrected chi connectivity index (χ4v) is 1.10. The molecule has 1 unspecified atom stereocenters. The van der Waals surface area contributed by atoms with Crippen molar-refractivity contribution >= 4 is 11.9 Å². The minimum atomic E-state index is -0.563. The van der Waals surface area contributed by atoms with E-state index in [2.05, 4.69) is 4.74 Å². The van der Waals surface area contributed by atoms with E-state index in [4.69, 9.17) is 4.74 Å². The molecule has 0 heterocycles. The molecule has 4 heteroatoms. The highest BCUT2D eigenvalue weighted by atomic mass is 16.6. The van der Waals surface area contributed by atoms with Crippen LogP contribution in [0, 0.1) is 0 Å². The maximum atomic E-state index is 11.0. The Morgan fingerprint density at radius 2 is 2.23 bits per heavy atom. The zero-order valence-corrected chi connectivity index (χ0v) is 7.49. The van der Waals surface area contributed by atoms with Crippen LogP contribution in [0.4, 0.5) is 0 Å². The van der Waals surface area contributed by atoms with Gasteiger partial charge in [0.25, 0.3) is 0 Å². The third kappa shape index (κ3) is 3.27. The lowest BCUT2D eigenvalue weighted by Crippen LogP contribution is -2.17. The van der Waals surface area contributed by atoms with Crippen molar-refractivity contribution in [2.45, 2.75) is 25.4 Å². The smallest absolute Gasteiger partial charge is 0.317 e. The van der Waals surface area contributed by atoms with Crippen LogP contribution >= 0.6 is 0 Å². The Hall–Kier alpha value is -1.32. The molecule has 0 aromatic carbocycles. The van der Waals surface area contributed by atoms with Crippen LogP contribution in [0.1, 0.15) is 19.3 Å². The number of esters is 2. The molecule has 0 saturated carbocycles. The number of allylic oxidation sites excluding steroid dienone is 1. The van der Waals surface area contributed by atoms with Crippen LogP contribution in [0.15, 0.2) is 12.2 Å². The van der Waals surface area contributed by atoms with Gasteiger partial charge in [0.05, 0.1) is 7.11 Å². The van der Waals surface area contributed by atoms with Gasteiger partial charge >= 0.3 is 11.9 Å². The molecular formula is C9H12O4. The zero-order valence-electron chi connectivity index (χ0n) is 7.49. The fraction of sp³-hybridized carbons (Fsp3) is 0.556. The van der Waals surface area contributed by atoms with Gasteiger partial charge in [0.1, 0.15) is 12.5 Å². The van der Waals surface area contributed by atoms with Gasteiger partial charge in [-0.2, -0.15) is 0 Å². The second kappa shape index (κ2) is 4.64. The molecule has 72 valence electrons. The molecule has 0 saturated heterocycles. The van der Waals surface area contributed by atoms with Crippen molar-refractivity contribution in [1.29, 1.82) is 0 Å². The van der Waals surface area contributed by atoms with Crippen molar-refractivity contribution in [3.63, 3.8) is 0 Å². The number of ether oxygens (including phenoxy) is 2. The van der Waals surface area contributed by atoms with E-state index in [9.17, 15) is 9.59 Å². The predicted molar refractivity (Wildman–Crippen MR) is 44.9 cm³/mol. The van der Waals surface area contributed by atoms with Crippen LogP contribution in [-0.4, -0.2) is 25.2 Å². The lowest BCUT2D eigenvalue weighted by molar-refractivity contribution is -0.154. The fourth-order valence-electron chi connectivity index (χ4n) is 1.10. The number of rotatable bonds is 3. The zero-order chi connectivity index (χ0) is 9.68. The van der Waals surface area contributed by atoms with Crippen LogP contribution in [0.2, 0.25) is 0 Å². The Labute approximate surface area is 76.5 Å². The SMILES string of the molecule is COC(=O)CC(=O)OC1C=CCC1. The lowest BCUT2D eigenvalue weighted by Gasteiger charge is -2.08. The molecule has 0 fully saturated rings. The van der Waals surface area contributed by atoms with Crippen LogP contribution in [-0.2, 0) is 19.1 Å². The van der Waals surface area contributed by atoms with E-state index in [0.717, 1.165) is 12.8 Å². The van der Waals surface area contributed by atoms with Crippen LogP contribution < -0.4 is 0 Å². The molecule has 4 nitrogen and oxygen atoms in total. The Morgan fingerprint density at radius 1 is 1.46 bits per heavy atom. The number of carbonyl (C=O) groups excluding carboxylic acids is 2. The molecule has 0 amide bonds. The van der Waals surface area contributed by atoms with E-state index < -0.39 is 11.9 Å². The van der Waals surface area contributed by atoms with Gasteiger partial charge in [-0.1, -0.05) is 6.08 Å². The van der Waals surface area contributed by atoms with Crippen LogP contribution in [0.25, 0.3) is 0 Å². The maximum absolute atomic E-state index is 11.0. The Morgan fingerprint density at radius 3 is 2.77 bits per heavy atom. The average Bonchev–Trinajstić information content (AvgIpc) is 2.56. The van der Waals surface area contributed by atoms with E-state index >= 15 is 0 Å². The topological polar surface area (TPSA) is 52.6 Å². The Balaban J connectivity index is 2.24. The summed E-state index contributed by atoms with van der Waals surface area (Å²) in [6.45, 7) is 0. The third-order valence-electron chi connectivity index (χ3n) is 1.77. The Bertz CT molecular complexity index is 232. The van der Waals surface area contributed by atoms with Crippen molar-refractivity contribution in [3.8, 4) is 0 Å². The minimum absolute atomic E-state index is 0.155. The van der Waals surface area contributed by atoms with E-state index in [1.54, 1.807) is 0 Å². The van der Waals surface area contributed by atoms with E-state index in [1.807, 2.05) is 12.2 Å². The summed E-state index contributed by atoms with van der Waals surface area (Å²) >= 11 is 0. The summed E-state index contributed by atoms with van der Waals surface area (Å²) in [4.78, 5) is 21.7. The summed E-state index contributed by atoms with van der Waals surface area (Å²) in [6, 6.07) is 0. The van der Waals surface area contributed by atoms with Crippen LogP contribution in [0.5, 0.6) is 0 Å². The van der Waals surface area contributed by atoms with Crippen molar-refractivity contribution < 1.29 is 19.1 Å². The molecular weight excluding hydrogens is 172 g/mol. The number of hydrogen-bond acceptors (Lipinski definition) is 4. The summed E-state index contributed by atoms with van der Waals surface area (Å²) < 4.78 is 9.28. The standard InChI is InChI=1S/C9H12O4/c1-12-8(10)6-9(11)13-7-4-2-3-5-7/h2,4,7H,3,5-6H2,1H3. The first-order valence-corrected chi connectivity index (χ1v) is 4.15. The van der Waals surface area contributed by atoms with Crippen molar-refractivity contribution in [3.05, 3.63) is 12.2 Å². The molecule has 0 aromatic rings. The normalized spacial score (nSPS) is 19.9. The highest BCUT2D eigenvalue weighted by Gasteiger charge is 2.17. The van der Waals surface area contributed by atoms with E-state index in [1.165, 1.54) is 7.11 Å². The van der Waals surface area contributed by atoms with Crippen molar-refractivity contribution in [1.82, 2.24) is 0 Å². The second-order valence-electron chi connectivity index (χ2n) is 2.79. The molecule has 0 radical (unpaired) electrons. The van der Waals surface area contributed by atoms with Crippen molar-refractivity contribution in [2.75, 3.05) is 7.11 Å². The average molecular weight is 184 g/mol. The molecule has 1 aliphatic rings. The largest absolute Gasteiger partial charge is 0.469 e. The van der Waals surface area contributed by atoms with Gasteiger partial charge in [-0.05, 0) is 18.9 Å². The monoisotopic (exact) mass is 184 g/mol. The van der Waals surface area contributed by atoms with Crippen molar-refractivity contribution in [2.24, 2.45) is 0 Å². The Kier molecular flexibility index (Phi) is 3.49. The molecule has 0 aliphatic heterocycles. The van der Waals surface area contributed by atoms with Gasteiger partial charge in [0.15, 0.2) is 0 Å². The highest BCUT2D eigenvalue weighted by molar-refractivity contribution is 5.91. The molecule has 0 bridgehead atoms. The van der Waals surface area contributed by atoms with Crippen LogP contribution in [0.3, 0.4) is 0 Å². The quantitative estimate of drug-likeness (QED) is 0.370. The molecule has 0 spiro atoms.